The van der Waals surface area contributed by atoms with Crippen molar-refractivity contribution in [3.63, 3.8) is 0 Å². The predicted octanol–water partition coefficient (Wildman–Crippen LogP) is 2.99. The quantitative estimate of drug-likeness (QED) is 0.472. The van der Waals surface area contributed by atoms with Crippen molar-refractivity contribution < 1.29 is 0 Å². The molecule has 0 fully saturated rings. The zero-order chi connectivity index (χ0) is 13.4. The van der Waals surface area contributed by atoms with Gasteiger partial charge in [-0.05, 0) is 17.9 Å². The van der Waals surface area contributed by atoms with Gasteiger partial charge in [0.1, 0.15) is 0 Å². The Hall–Kier alpha value is -1.03. The van der Waals surface area contributed by atoms with Gasteiger partial charge in [0, 0.05) is 30.4 Å². The van der Waals surface area contributed by atoms with Crippen LogP contribution >= 0.6 is 11.3 Å². The smallest absolute Gasteiger partial charge is 0.191 e. The molecule has 3 nitrogen and oxygen atoms in total. The highest BCUT2D eigenvalue weighted by Crippen LogP contribution is 2.26. The minimum atomic E-state index is 0.135. The summed E-state index contributed by atoms with van der Waals surface area (Å²) in [5.41, 5.74) is 0.135. The Morgan fingerprint density at radius 1 is 1.39 bits per heavy atom. The molecule has 1 aromatic heterocycles. The Labute approximate surface area is 115 Å². The van der Waals surface area contributed by atoms with E-state index in [9.17, 15) is 0 Å². The zero-order valence-electron chi connectivity index (χ0n) is 11.9. The van der Waals surface area contributed by atoms with Gasteiger partial charge in [0.15, 0.2) is 5.96 Å². The Morgan fingerprint density at radius 2 is 2.17 bits per heavy atom. The molecule has 4 heteroatoms. The van der Waals surface area contributed by atoms with Crippen molar-refractivity contribution in [1.29, 1.82) is 0 Å². The zero-order valence-corrected chi connectivity index (χ0v) is 12.7. The molecule has 2 N–H and O–H groups in total. The minimum Gasteiger partial charge on any atom is -0.356 e. The Morgan fingerprint density at radius 3 is 2.72 bits per heavy atom. The van der Waals surface area contributed by atoms with Crippen LogP contribution in [-0.4, -0.2) is 26.1 Å². The van der Waals surface area contributed by atoms with Gasteiger partial charge in [0.25, 0.3) is 0 Å². The number of guanidine groups is 1. The Balaban J connectivity index is 2.43. The van der Waals surface area contributed by atoms with Crippen LogP contribution in [0.1, 0.15) is 38.5 Å². The molecule has 0 amide bonds. The fraction of sp³-hybridized carbons (Fsp3) is 0.643. The van der Waals surface area contributed by atoms with Crippen LogP contribution in [0.15, 0.2) is 22.5 Å². The van der Waals surface area contributed by atoms with Crippen molar-refractivity contribution in [3.05, 3.63) is 22.4 Å². The maximum atomic E-state index is 4.24. The fourth-order valence-corrected chi connectivity index (χ4v) is 2.51. The highest BCUT2D eigenvalue weighted by molar-refractivity contribution is 7.10. The lowest BCUT2D eigenvalue weighted by Gasteiger charge is -2.25. The van der Waals surface area contributed by atoms with Gasteiger partial charge < -0.3 is 10.6 Å². The van der Waals surface area contributed by atoms with Crippen molar-refractivity contribution in [3.8, 4) is 0 Å². The molecule has 0 spiro atoms. The number of hydrogen-bond acceptors (Lipinski definition) is 2. The maximum absolute atomic E-state index is 4.24. The van der Waals surface area contributed by atoms with Gasteiger partial charge in [-0.2, -0.15) is 0 Å². The van der Waals surface area contributed by atoms with Gasteiger partial charge in [0.05, 0.1) is 0 Å². The molecule has 0 bridgehead atoms. The molecule has 18 heavy (non-hydrogen) atoms. The maximum Gasteiger partial charge on any atom is 0.191 e. The first-order chi connectivity index (χ1) is 8.60. The van der Waals surface area contributed by atoms with Crippen LogP contribution in [0.2, 0.25) is 0 Å². The first kappa shape index (κ1) is 15.0. The molecule has 0 aromatic carbocycles. The highest BCUT2D eigenvalue weighted by atomic mass is 32.1. The second-order valence-electron chi connectivity index (χ2n) is 5.07. The van der Waals surface area contributed by atoms with Crippen molar-refractivity contribution in [2.24, 2.45) is 4.99 Å². The molecular weight excluding hydrogens is 242 g/mol. The van der Waals surface area contributed by atoms with Crippen molar-refractivity contribution in [1.82, 2.24) is 10.6 Å². The topological polar surface area (TPSA) is 36.4 Å². The molecule has 102 valence electrons. The fourth-order valence-electron chi connectivity index (χ4n) is 1.66. The standard InChI is InChI=1S/C14H25N3S/c1-5-6-9-16-13(15-4)17-11-14(2,3)12-8-7-10-18-12/h7-8,10H,5-6,9,11H2,1-4H3,(H2,15,16,17). The number of nitrogens with zero attached hydrogens (tertiary/aromatic N) is 1. The normalized spacial score (nSPS) is 12.6. The lowest BCUT2D eigenvalue weighted by molar-refractivity contribution is 0.518. The number of unbranched alkanes of at least 4 members (excludes halogenated alkanes) is 1. The van der Waals surface area contributed by atoms with Crippen LogP contribution in [0, 0.1) is 0 Å². The largest absolute Gasteiger partial charge is 0.356 e. The third-order valence-electron chi connectivity index (χ3n) is 2.93. The van der Waals surface area contributed by atoms with E-state index in [2.05, 4.69) is 53.9 Å². The van der Waals surface area contributed by atoms with E-state index in [1.807, 2.05) is 18.4 Å². The van der Waals surface area contributed by atoms with Gasteiger partial charge in [0.2, 0.25) is 0 Å². The van der Waals surface area contributed by atoms with Gasteiger partial charge in [-0.3, -0.25) is 4.99 Å². The summed E-state index contributed by atoms with van der Waals surface area (Å²) in [5.74, 6) is 0.896. The van der Waals surface area contributed by atoms with Crippen LogP contribution in [0.25, 0.3) is 0 Å². The Bertz CT molecular complexity index is 355. The molecule has 0 saturated heterocycles. The summed E-state index contributed by atoms with van der Waals surface area (Å²) in [7, 11) is 1.82. The molecule has 0 aliphatic rings. The van der Waals surface area contributed by atoms with Crippen molar-refractivity contribution in [2.45, 2.75) is 39.0 Å². The van der Waals surface area contributed by atoms with Crippen LogP contribution in [0.3, 0.4) is 0 Å². The molecule has 0 radical (unpaired) electrons. The van der Waals surface area contributed by atoms with Gasteiger partial charge in [-0.15, -0.1) is 11.3 Å². The van der Waals surface area contributed by atoms with Crippen LogP contribution in [0.5, 0.6) is 0 Å². The number of hydrogen-bond donors (Lipinski definition) is 2. The number of thiophene rings is 1. The van der Waals surface area contributed by atoms with Crippen LogP contribution in [0.4, 0.5) is 0 Å². The summed E-state index contributed by atoms with van der Waals surface area (Å²) in [4.78, 5) is 5.64. The van der Waals surface area contributed by atoms with Gasteiger partial charge in [-0.25, -0.2) is 0 Å². The third-order valence-corrected chi connectivity index (χ3v) is 4.17. The second kappa shape index (κ2) is 7.41. The lowest BCUT2D eigenvalue weighted by atomic mass is 9.91. The Kier molecular flexibility index (Phi) is 6.19. The molecule has 1 rings (SSSR count). The van der Waals surface area contributed by atoms with E-state index < -0.39 is 0 Å². The van der Waals surface area contributed by atoms with Crippen LogP contribution in [-0.2, 0) is 5.41 Å². The monoisotopic (exact) mass is 267 g/mol. The van der Waals surface area contributed by atoms with Gasteiger partial charge in [-0.1, -0.05) is 33.3 Å². The van der Waals surface area contributed by atoms with E-state index in [0.717, 1.165) is 19.0 Å². The predicted molar refractivity (Wildman–Crippen MR) is 81.6 cm³/mol. The average molecular weight is 267 g/mol. The first-order valence-electron chi connectivity index (χ1n) is 6.58. The third kappa shape index (κ3) is 4.69. The summed E-state index contributed by atoms with van der Waals surface area (Å²) in [6.45, 7) is 8.57. The van der Waals surface area contributed by atoms with E-state index in [1.165, 1.54) is 17.7 Å². The van der Waals surface area contributed by atoms with Gasteiger partial charge >= 0.3 is 0 Å². The summed E-state index contributed by atoms with van der Waals surface area (Å²) in [6, 6.07) is 4.30. The molecule has 0 unspecified atom stereocenters. The highest BCUT2D eigenvalue weighted by Gasteiger charge is 2.21. The van der Waals surface area contributed by atoms with E-state index in [1.54, 1.807) is 0 Å². The number of nitrogens with one attached hydrogen (secondary N) is 2. The van der Waals surface area contributed by atoms with Crippen molar-refractivity contribution >= 4 is 17.3 Å². The van der Waals surface area contributed by atoms with Crippen molar-refractivity contribution in [2.75, 3.05) is 20.1 Å². The molecule has 0 aliphatic heterocycles. The molecule has 0 aliphatic carbocycles. The average Bonchev–Trinajstić information content (AvgIpc) is 2.88. The molecule has 0 atom stereocenters. The summed E-state index contributed by atoms with van der Waals surface area (Å²) in [6.07, 6.45) is 2.37. The summed E-state index contributed by atoms with van der Waals surface area (Å²) >= 11 is 1.81. The van der Waals surface area contributed by atoms with E-state index in [0.29, 0.717) is 0 Å². The minimum absolute atomic E-state index is 0.135. The molecule has 1 aromatic rings. The molecular formula is C14H25N3S. The lowest BCUT2D eigenvalue weighted by Crippen LogP contribution is -2.43. The van der Waals surface area contributed by atoms with E-state index in [-0.39, 0.29) is 5.41 Å². The second-order valence-corrected chi connectivity index (χ2v) is 6.01. The SMILES string of the molecule is CCCCNC(=NC)NCC(C)(C)c1cccs1. The first-order valence-corrected chi connectivity index (χ1v) is 7.46. The molecule has 1 heterocycles. The summed E-state index contributed by atoms with van der Waals surface area (Å²) < 4.78 is 0. The molecule has 0 saturated carbocycles. The van der Waals surface area contributed by atoms with Crippen LogP contribution < -0.4 is 10.6 Å². The van der Waals surface area contributed by atoms with E-state index >= 15 is 0 Å². The number of aliphatic imine (C=N–C) groups is 1. The summed E-state index contributed by atoms with van der Waals surface area (Å²) in [5, 5.41) is 8.86. The number of rotatable bonds is 6. The van der Waals surface area contributed by atoms with E-state index in [4.69, 9.17) is 0 Å².